The van der Waals surface area contributed by atoms with Crippen molar-refractivity contribution >= 4 is 5.82 Å². The first-order valence-electron chi connectivity index (χ1n) is 6.85. The van der Waals surface area contributed by atoms with Gasteiger partial charge in [-0.2, -0.15) is 0 Å². The van der Waals surface area contributed by atoms with E-state index < -0.39 is 0 Å². The lowest BCUT2D eigenvalue weighted by Crippen LogP contribution is -2.22. The average Bonchev–Trinajstić information content (AvgIpc) is 2.45. The molecule has 1 aromatic rings. The monoisotopic (exact) mass is 249 g/mol. The molecule has 1 aliphatic rings. The van der Waals surface area contributed by atoms with Gasteiger partial charge in [0.1, 0.15) is 5.82 Å². The van der Waals surface area contributed by atoms with Gasteiger partial charge in [0, 0.05) is 6.20 Å². The molecule has 2 rings (SSSR count). The van der Waals surface area contributed by atoms with Crippen molar-refractivity contribution in [1.29, 1.82) is 0 Å². The van der Waals surface area contributed by atoms with Gasteiger partial charge < -0.3 is 10.2 Å². The lowest BCUT2D eigenvalue weighted by atomic mass is 9.85. The Morgan fingerprint density at radius 1 is 1.50 bits per heavy atom. The van der Waals surface area contributed by atoms with Crippen molar-refractivity contribution in [3.8, 4) is 0 Å². The summed E-state index contributed by atoms with van der Waals surface area (Å²) < 4.78 is 6.00. The van der Waals surface area contributed by atoms with Gasteiger partial charge in [0.2, 0.25) is 0 Å². The zero-order valence-corrected chi connectivity index (χ0v) is 11.1. The molecule has 0 radical (unpaired) electrons. The zero-order valence-electron chi connectivity index (χ0n) is 11.1. The van der Waals surface area contributed by atoms with Crippen molar-refractivity contribution in [2.45, 2.75) is 51.7 Å². The minimum Gasteiger partial charge on any atom is -0.374 e. The number of ether oxygens (including phenoxy) is 1. The lowest BCUT2D eigenvalue weighted by Gasteiger charge is -2.28. The van der Waals surface area contributed by atoms with Crippen molar-refractivity contribution < 1.29 is 4.74 Å². The van der Waals surface area contributed by atoms with E-state index in [4.69, 9.17) is 10.6 Å². The first-order valence-corrected chi connectivity index (χ1v) is 6.85. The van der Waals surface area contributed by atoms with E-state index >= 15 is 0 Å². The Kier molecular flexibility index (Phi) is 4.96. The van der Waals surface area contributed by atoms with E-state index in [2.05, 4.69) is 17.3 Å². The smallest absolute Gasteiger partial charge is 0.140 e. The molecule has 3 N–H and O–H groups in total. The summed E-state index contributed by atoms with van der Waals surface area (Å²) in [4.78, 5) is 4.09. The van der Waals surface area contributed by atoms with Gasteiger partial charge in [0.15, 0.2) is 0 Å². The van der Waals surface area contributed by atoms with Crippen LogP contribution in [0.1, 0.15) is 44.6 Å². The van der Waals surface area contributed by atoms with Crippen molar-refractivity contribution in [3.05, 3.63) is 23.9 Å². The molecule has 0 aromatic carbocycles. The van der Waals surface area contributed by atoms with E-state index in [1.54, 1.807) is 6.20 Å². The van der Waals surface area contributed by atoms with Crippen LogP contribution < -0.4 is 11.3 Å². The number of hydrazine groups is 1. The summed E-state index contributed by atoms with van der Waals surface area (Å²) in [5, 5.41) is 0. The third-order valence-corrected chi connectivity index (χ3v) is 3.77. The molecule has 4 heteroatoms. The number of hydrogen-bond acceptors (Lipinski definition) is 4. The number of anilines is 1. The molecule has 18 heavy (non-hydrogen) atoms. The van der Waals surface area contributed by atoms with Crippen LogP contribution in [0.3, 0.4) is 0 Å². The summed E-state index contributed by atoms with van der Waals surface area (Å²) in [6.07, 6.45) is 8.53. The van der Waals surface area contributed by atoms with Gasteiger partial charge >= 0.3 is 0 Å². The highest BCUT2D eigenvalue weighted by atomic mass is 16.5. The summed E-state index contributed by atoms with van der Waals surface area (Å²) in [6.45, 7) is 2.92. The minimum atomic E-state index is 0.422. The quantitative estimate of drug-likeness (QED) is 0.622. The molecular formula is C14H23N3O. The maximum Gasteiger partial charge on any atom is 0.140 e. The summed E-state index contributed by atoms with van der Waals surface area (Å²) in [6, 6.07) is 3.90. The molecular weight excluding hydrogens is 226 g/mol. The number of aromatic nitrogens is 1. The Labute approximate surface area is 109 Å². The summed E-state index contributed by atoms with van der Waals surface area (Å²) in [7, 11) is 0. The number of nitrogens with two attached hydrogens (primary N) is 1. The molecule has 0 bridgehead atoms. The average molecular weight is 249 g/mol. The number of rotatable bonds is 5. The normalized spacial score (nSPS) is 23.9. The van der Waals surface area contributed by atoms with Crippen molar-refractivity contribution in [2.24, 2.45) is 11.8 Å². The molecule has 2 atom stereocenters. The highest BCUT2D eigenvalue weighted by molar-refractivity contribution is 5.35. The van der Waals surface area contributed by atoms with Crippen molar-refractivity contribution in [1.82, 2.24) is 4.98 Å². The van der Waals surface area contributed by atoms with Gasteiger partial charge in [0.05, 0.1) is 12.7 Å². The first-order chi connectivity index (χ1) is 8.81. The first kappa shape index (κ1) is 13.3. The zero-order chi connectivity index (χ0) is 12.8. The number of pyridine rings is 1. The van der Waals surface area contributed by atoms with Gasteiger partial charge in [-0.05, 0) is 36.5 Å². The maximum absolute atomic E-state index is 6.00. The molecule has 1 aromatic heterocycles. The topological polar surface area (TPSA) is 60.2 Å². The van der Waals surface area contributed by atoms with E-state index in [9.17, 15) is 0 Å². The SMILES string of the molecule is CCC1CCCC(OCc2ccnc(NN)c2)C1. The van der Waals surface area contributed by atoms with E-state index in [1.165, 1.54) is 32.1 Å². The fourth-order valence-corrected chi connectivity index (χ4v) is 2.62. The second kappa shape index (κ2) is 6.71. The summed E-state index contributed by atoms with van der Waals surface area (Å²) in [5.41, 5.74) is 3.68. The molecule has 100 valence electrons. The largest absolute Gasteiger partial charge is 0.374 e. The van der Waals surface area contributed by atoms with Crippen LogP contribution in [0.5, 0.6) is 0 Å². The van der Waals surface area contributed by atoms with Gasteiger partial charge in [-0.3, -0.25) is 0 Å². The molecule has 1 heterocycles. The molecule has 4 nitrogen and oxygen atoms in total. The Morgan fingerprint density at radius 2 is 2.39 bits per heavy atom. The summed E-state index contributed by atoms with van der Waals surface area (Å²) in [5.74, 6) is 6.88. The van der Waals surface area contributed by atoms with Crippen LogP contribution >= 0.6 is 0 Å². The predicted molar refractivity (Wildman–Crippen MR) is 72.9 cm³/mol. The van der Waals surface area contributed by atoms with Gasteiger partial charge in [-0.1, -0.05) is 26.2 Å². The highest BCUT2D eigenvalue weighted by Crippen LogP contribution is 2.28. The van der Waals surface area contributed by atoms with Crippen LogP contribution in [0, 0.1) is 5.92 Å². The molecule has 1 aliphatic carbocycles. The molecule has 1 fully saturated rings. The van der Waals surface area contributed by atoms with E-state index in [-0.39, 0.29) is 0 Å². The standard InChI is InChI=1S/C14H23N3O/c1-2-11-4-3-5-13(8-11)18-10-12-6-7-16-14(9-12)17-15/h6-7,9,11,13H,2-5,8,10,15H2,1H3,(H,16,17). The van der Waals surface area contributed by atoms with Crippen LogP contribution in [0.15, 0.2) is 18.3 Å². The second-order valence-corrected chi connectivity index (χ2v) is 5.07. The molecule has 0 saturated heterocycles. The van der Waals surface area contributed by atoms with Crippen molar-refractivity contribution in [3.63, 3.8) is 0 Å². The Balaban J connectivity index is 1.83. The van der Waals surface area contributed by atoms with Crippen LogP contribution in [0.25, 0.3) is 0 Å². The van der Waals surface area contributed by atoms with Gasteiger partial charge in [-0.15, -0.1) is 0 Å². The third kappa shape index (κ3) is 3.68. The third-order valence-electron chi connectivity index (χ3n) is 3.77. The number of nitrogens with one attached hydrogen (secondary N) is 1. The van der Waals surface area contributed by atoms with Gasteiger partial charge in [-0.25, -0.2) is 10.8 Å². The van der Waals surface area contributed by atoms with Gasteiger partial charge in [0.25, 0.3) is 0 Å². The Morgan fingerprint density at radius 3 is 3.17 bits per heavy atom. The van der Waals surface area contributed by atoms with Crippen LogP contribution in [-0.2, 0) is 11.3 Å². The van der Waals surface area contributed by atoms with Crippen LogP contribution in [-0.4, -0.2) is 11.1 Å². The molecule has 0 aliphatic heterocycles. The van der Waals surface area contributed by atoms with E-state index in [1.807, 2.05) is 12.1 Å². The number of hydrogen-bond donors (Lipinski definition) is 2. The minimum absolute atomic E-state index is 0.422. The molecule has 2 unspecified atom stereocenters. The maximum atomic E-state index is 6.00. The Bertz CT molecular complexity index is 370. The second-order valence-electron chi connectivity index (χ2n) is 5.07. The predicted octanol–water partition coefficient (Wildman–Crippen LogP) is 2.85. The molecule has 1 saturated carbocycles. The van der Waals surface area contributed by atoms with Crippen molar-refractivity contribution in [2.75, 3.05) is 5.43 Å². The Hall–Kier alpha value is -1.13. The fourth-order valence-electron chi connectivity index (χ4n) is 2.62. The number of nitrogen functional groups attached to an aromatic ring is 1. The fraction of sp³-hybridized carbons (Fsp3) is 0.643. The lowest BCUT2D eigenvalue weighted by molar-refractivity contribution is 0.00176. The highest BCUT2D eigenvalue weighted by Gasteiger charge is 2.21. The van der Waals surface area contributed by atoms with E-state index in [0.717, 1.165) is 11.5 Å². The van der Waals surface area contributed by atoms with Crippen LogP contribution in [0.2, 0.25) is 0 Å². The van der Waals surface area contributed by atoms with Crippen LogP contribution in [0.4, 0.5) is 5.82 Å². The molecule has 0 spiro atoms. The summed E-state index contributed by atoms with van der Waals surface area (Å²) >= 11 is 0. The molecule has 0 amide bonds. The number of nitrogens with zero attached hydrogens (tertiary/aromatic N) is 1. The van der Waals surface area contributed by atoms with E-state index in [0.29, 0.717) is 18.5 Å².